The molecule has 2 rings (SSSR count). The predicted octanol–water partition coefficient (Wildman–Crippen LogP) is 3.13. The summed E-state index contributed by atoms with van der Waals surface area (Å²) in [6, 6.07) is 15.1. The van der Waals surface area contributed by atoms with E-state index in [2.05, 4.69) is 10.6 Å². The van der Waals surface area contributed by atoms with Gasteiger partial charge in [-0.25, -0.2) is 8.42 Å². The molecule has 0 radical (unpaired) electrons. The molecule has 2 aromatic carbocycles. The van der Waals surface area contributed by atoms with Crippen molar-refractivity contribution in [2.75, 3.05) is 12.4 Å². The number of rotatable bonds is 5. The highest BCUT2D eigenvalue weighted by molar-refractivity contribution is 7.95. The third kappa shape index (κ3) is 4.59. The highest BCUT2D eigenvalue weighted by Gasteiger charge is 2.20. The first-order valence-electron chi connectivity index (χ1n) is 7.51. The number of sulfone groups is 1. The van der Waals surface area contributed by atoms with E-state index < -0.39 is 14.7 Å². The number of para-hydroxylation sites is 2. The first-order valence-corrected chi connectivity index (χ1v) is 9.40. The lowest BCUT2D eigenvalue weighted by Crippen LogP contribution is -2.25. The Morgan fingerprint density at radius 1 is 1.19 bits per heavy atom. The van der Waals surface area contributed by atoms with Crippen LogP contribution in [0.25, 0.3) is 0 Å². The summed E-state index contributed by atoms with van der Waals surface area (Å²) in [5, 5.41) is 14.9. The molecular weight excluding hydrogens is 370 g/mol. The van der Waals surface area contributed by atoms with Crippen LogP contribution in [-0.2, 0) is 9.84 Å². The van der Waals surface area contributed by atoms with Gasteiger partial charge in [0, 0.05) is 6.20 Å². The first-order chi connectivity index (χ1) is 12.4. The minimum atomic E-state index is -3.92. The fourth-order valence-electron chi connectivity index (χ4n) is 2.05. The standard InChI is InChI=1S/C18H17N3O3S2/c1-13-7-9-14(10-8-13)26(22,23)15(11-19)12-20-18(25)21-16-5-3-4-6-17(16)24-2/h3-10,12H,1-2H3,(H2,20,21,25)/b15-12+. The number of nitriles is 1. The van der Waals surface area contributed by atoms with Crippen molar-refractivity contribution in [1.82, 2.24) is 5.32 Å². The molecule has 0 bridgehead atoms. The second-order valence-electron chi connectivity index (χ2n) is 5.24. The molecule has 8 heteroatoms. The van der Waals surface area contributed by atoms with Crippen molar-refractivity contribution in [1.29, 1.82) is 5.26 Å². The molecular formula is C18H17N3O3S2. The molecule has 0 amide bonds. The maximum absolute atomic E-state index is 12.5. The molecule has 0 aromatic heterocycles. The fourth-order valence-corrected chi connectivity index (χ4v) is 3.30. The highest BCUT2D eigenvalue weighted by atomic mass is 32.2. The van der Waals surface area contributed by atoms with Crippen molar-refractivity contribution in [3.8, 4) is 11.8 Å². The SMILES string of the molecule is COc1ccccc1NC(=S)N/C=C(\C#N)S(=O)(=O)c1ccc(C)cc1. The highest BCUT2D eigenvalue weighted by Crippen LogP contribution is 2.23. The molecule has 0 saturated carbocycles. The Bertz CT molecular complexity index is 975. The molecule has 6 nitrogen and oxygen atoms in total. The summed E-state index contributed by atoms with van der Waals surface area (Å²) in [5.41, 5.74) is 1.53. The minimum Gasteiger partial charge on any atom is -0.495 e. The summed E-state index contributed by atoms with van der Waals surface area (Å²) >= 11 is 5.14. The Labute approximate surface area is 158 Å². The van der Waals surface area contributed by atoms with Crippen LogP contribution in [-0.4, -0.2) is 20.6 Å². The molecule has 0 aliphatic heterocycles. The Balaban J connectivity index is 2.17. The summed E-state index contributed by atoms with van der Waals surface area (Å²) in [7, 11) is -2.40. The smallest absolute Gasteiger partial charge is 0.218 e. The zero-order chi connectivity index (χ0) is 19.2. The zero-order valence-electron chi connectivity index (χ0n) is 14.2. The lowest BCUT2D eigenvalue weighted by Gasteiger charge is -2.11. The van der Waals surface area contributed by atoms with Crippen LogP contribution in [0.4, 0.5) is 5.69 Å². The van der Waals surface area contributed by atoms with Crippen molar-refractivity contribution in [3.05, 3.63) is 65.2 Å². The quantitative estimate of drug-likeness (QED) is 0.601. The summed E-state index contributed by atoms with van der Waals surface area (Å²) in [4.78, 5) is -0.396. The van der Waals surface area contributed by atoms with Gasteiger partial charge in [0.05, 0.1) is 17.7 Å². The number of hydrogen-bond acceptors (Lipinski definition) is 5. The summed E-state index contributed by atoms with van der Waals surface area (Å²) < 4.78 is 30.3. The van der Waals surface area contributed by atoms with Crippen LogP contribution in [0.1, 0.15) is 5.56 Å². The number of allylic oxidation sites excluding steroid dienone is 1. The minimum absolute atomic E-state index is 0.0429. The van der Waals surface area contributed by atoms with E-state index >= 15 is 0 Å². The molecule has 0 heterocycles. The van der Waals surface area contributed by atoms with E-state index in [9.17, 15) is 13.7 Å². The van der Waals surface area contributed by atoms with Gasteiger partial charge in [-0.15, -0.1) is 0 Å². The van der Waals surface area contributed by atoms with Crippen LogP contribution in [0.3, 0.4) is 0 Å². The fraction of sp³-hybridized carbons (Fsp3) is 0.111. The second kappa shape index (κ2) is 8.47. The second-order valence-corrected chi connectivity index (χ2v) is 7.56. The monoisotopic (exact) mass is 387 g/mol. The van der Waals surface area contributed by atoms with Gasteiger partial charge >= 0.3 is 0 Å². The number of aryl methyl sites for hydroxylation is 1. The zero-order valence-corrected chi connectivity index (χ0v) is 15.8. The Morgan fingerprint density at radius 3 is 2.46 bits per heavy atom. The molecule has 0 aliphatic rings. The van der Waals surface area contributed by atoms with Gasteiger partial charge in [-0.2, -0.15) is 5.26 Å². The lowest BCUT2D eigenvalue weighted by molar-refractivity contribution is 0.417. The molecule has 2 N–H and O–H groups in total. The topological polar surface area (TPSA) is 91.2 Å². The van der Waals surface area contributed by atoms with Gasteiger partial charge in [0.1, 0.15) is 11.8 Å². The number of nitrogens with zero attached hydrogens (tertiary/aromatic N) is 1. The van der Waals surface area contributed by atoms with E-state index in [1.807, 2.05) is 13.0 Å². The molecule has 2 aromatic rings. The van der Waals surface area contributed by atoms with Crippen LogP contribution >= 0.6 is 12.2 Å². The van der Waals surface area contributed by atoms with Crippen molar-refractivity contribution in [3.63, 3.8) is 0 Å². The third-order valence-electron chi connectivity index (χ3n) is 3.42. The number of ether oxygens (including phenoxy) is 1. The molecule has 0 aliphatic carbocycles. The van der Waals surface area contributed by atoms with E-state index in [0.29, 0.717) is 11.4 Å². The summed E-state index contributed by atoms with van der Waals surface area (Å²) in [6.07, 6.45) is 1.07. The number of benzene rings is 2. The van der Waals surface area contributed by atoms with Crippen LogP contribution in [0.2, 0.25) is 0 Å². The lowest BCUT2D eigenvalue weighted by atomic mass is 10.2. The van der Waals surface area contributed by atoms with Crippen LogP contribution in [0.15, 0.2) is 64.5 Å². The van der Waals surface area contributed by atoms with Crippen molar-refractivity contribution in [2.24, 2.45) is 0 Å². The number of methoxy groups -OCH3 is 1. The third-order valence-corrected chi connectivity index (χ3v) is 5.32. The van der Waals surface area contributed by atoms with Gasteiger partial charge in [-0.1, -0.05) is 29.8 Å². The van der Waals surface area contributed by atoms with E-state index in [1.165, 1.54) is 19.2 Å². The van der Waals surface area contributed by atoms with Crippen LogP contribution in [0.5, 0.6) is 5.75 Å². The normalized spacial score (nSPS) is 11.3. The molecule has 0 unspecified atom stereocenters. The van der Waals surface area contributed by atoms with Gasteiger partial charge in [-0.05, 0) is 43.4 Å². The average Bonchev–Trinajstić information content (AvgIpc) is 2.63. The van der Waals surface area contributed by atoms with Crippen molar-refractivity contribution < 1.29 is 13.2 Å². The Hall–Kier alpha value is -2.89. The molecule has 0 saturated heterocycles. The van der Waals surface area contributed by atoms with E-state index in [0.717, 1.165) is 11.8 Å². The summed E-state index contributed by atoms with van der Waals surface area (Å²) in [5.74, 6) is 0.577. The first kappa shape index (κ1) is 19.4. The van der Waals surface area contributed by atoms with Gasteiger partial charge < -0.3 is 15.4 Å². The maximum atomic E-state index is 12.5. The predicted molar refractivity (Wildman–Crippen MR) is 104 cm³/mol. The molecule has 0 atom stereocenters. The molecule has 26 heavy (non-hydrogen) atoms. The van der Waals surface area contributed by atoms with Gasteiger partial charge in [0.15, 0.2) is 10.0 Å². The largest absolute Gasteiger partial charge is 0.495 e. The molecule has 0 spiro atoms. The Kier molecular flexibility index (Phi) is 6.33. The van der Waals surface area contributed by atoms with Gasteiger partial charge in [-0.3, -0.25) is 0 Å². The Morgan fingerprint density at radius 2 is 1.85 bits per heavy atom. The van der Waals surface area contributed by atoms with Gasteiger partial charge in [0.2, 0.25) is 9.84 Å². The maximum Gasteiger partial charge on any atom is 0.218 e. The number of hydrogen-bond donors (Lipinski definition) is 2. The van der Waals surface area contributed by atoms with Gasteiger partial charge in [0.25, 0.3) is 0 Å². The molecule has 0 fully saturated rings. The number of anilines is 1. The van der Waals surface area contributed by atoms with Crippen molar-refractivity contribution in [2.45, 2.75) is 11.8 Å². The van der Waals surface area contributed by atoms with Crippen LogP contribution in [0, 0.1) is 18.3 Å². The number of thiocarbonyl (C=S) groups is 1. The van der Waals surface area contributed by atoms with Crippen LogP contribution < -0.4 is 15.4 Å². The van der Waals surface area contributed by atoms with E-state index in [4.69, 9.17) is 17.0 Å². The van der Waals surface area contributed by atoms with Crippen molar-refractivity contribution >= 4 is 32.9 Å². The molecule has 134 valence electrons. The summed E-state index contributed by atoms with van der Waals surface area (Å²) in [6.45, 7) is 1.85. The average molecular weight is 387 g/mol. The number of nitrogens with one attached hydrogen (secondary N) is 2. The van der Waals surface area contributed by atoms with E-state index in [-0.39, 0.29) is 10.0 Å². The van der Waals surface area contributed by atoms with E-state index in [1.54, 1.807) is 36.4 Å².